The summed E-state index contributed by atoms with van der Waals surface area (Å²) in [6.07, 6.45) is 0.703. The maximum atomic E-state index is 12.3. The Kier molecular flexibility index (Phi) is 6.26. The smallest absolute Gasteiger partial charge is 0.220 e. The number of aryl methyl sites for hydroxylation is 1. The molecule has 0 spiro atoms. The molecule has 4 nitrogen and oxygen atoms in total. The van der Waals surface area contributed by atoms with Crippen LogP contribution >= 0.6 is 11.6 Å². The quantitative estimate of drug-likeness (QED) is 0.407. The Labute approximate surface area is 180 Å². The minimum Gasteiger partial charge on any atom is -0.440 e. The first-order valence-corrected chi connectivity index (χ1v) is 10.2. The summed E-state index contributed by atoms with van der Waals surface area (Å²) in [7, 11) is 0. The van der Waals surface area contributed by atoms with Crippen LogP contribution in [0.5, 0.6) is 0 Å². The van der Waals surface area contributed by atoms with Gasteiger partial charge in [-0.1, -0.05) is 90.5 Å². The molecule has 4 rings (SSSR count). The van der Waals surface area contributed by atoms with E-state index in [-0.39, 0.29) is 12.3 Å². The van der Waals surface area contributed by atoms with E-state index < -0.39 is 0 Å². The molecular weight excluding hydrogens is 396 g/mol. The first kappa shape index (κ1) is 19.9. The summed E-state index contributed by atoms with van der Waals surface area (Å²) in [6.45, 7) is 0.397. The molecule has 150 valence electrons. The number of halogens is 1. The predicted molar refractivity (Wildman–Crippen MR) is 119 cm³/mol. The van der Waals surface area contributed by atoms with Crippen LogP contribution in [0.1, 0.15) is 17.9 Å². The average Bonchev–Trinajstić information content (AvgIpc) is 3.23. The second-order valence-electron chi connectivity index (χ2n) is 6.89. The monoisotopic (exact) mass is 416 g/mol. The molecule has 5 heteroatoms. The van der Waals surface area contributed by atoms with Crippen LogP contribution in [0.15, 0.2) is 89.3 Å². The molecular formula is C25H21ClN2O2. The van der Waals surface area contributed by atoms with Crippen molar-refractivity contribution in [3.05, 3.63) is 101 Å². The maximum Gasteiger partial charge on any atom is 0.220 e. The van der Waals surface area contributed by atoms with Crippen molar-refractivity contribution >= 4 is 17.5 Å². The van der Waals surface area contributed by atoms with Crippen LogP contribution in [-0.2, 0) is 17.8 Å². The summed E-state index contributed by atoms with van der Waals surface area (Å²) >= 11 is 6.14. The second-order valence-corrected chi connectivity index (χ2v) is 7.29. The molecule has 1 heterocycles. The van der Waals surface area contributed by atoms with Gasteiger partial charge in [-0.2, -0.15) is 0 Å². The van der Waals surface area contributed by atoms with E-state index in [0.717, 1.165) is 22.4 Å². The maximum absolute atomic E-state index is 12.3. The minimum atomic E-state index is -0.0735. The zero-order valence-electron chi connectivity index (χ0n) is 16.3. The van der Waals surface area contributed by atoms with Crippen LogP contribution in [0.2, 0.25) is 5.02 Å². The number of benzene rings is 3. The highest BCUT2D eigenvalue weighted by Gasteiger charge is 2.17. The molecule has 0 saturated carbocycles. The molecule has 1 aromatic heterocycles. The molecule has 0 unspecified atom stereocenters. The summed E-state index contributed by atoms with van der Waals surface area (Å²) in [5.74, 6) is 1.18. The number of amides is 1. The van der Waals surface area contributed by atoms with Crippen molar-refractivity contribution in [2.75, 3.05) is 0 Å². The normalized spacial score (nSPS) is 10.7. The zero-order chi connectivity index (χ0) is 20.8. The van der Waals surface area contributed by atoms with E-state index in [1.54, 1.807) is 0 Å². The van der Waals surface area contributed by atoms with Crippen molar-refractivity contribution in [1.29, 1.82) is 0 Å². The third kappa shape index (κ3) is 4.78. The molecule has 30 heavy (non-hydrogen) atoms. The van der Waals surface area contributed by atoms with Gasteiger partial charge >= 0.3 is 0 Å². The van der Waals surface area contributed by atoms with Crippen LogP contribution in [0.3, 0.4) is 0 Å². The fraction of sp³-hybridized carbons (Fsp3) is 0.120. The summed E-state index contributed by atoms with van der Waals surface area (Å²) in [4.78, 5) is 17.0. The van der Waals surface area contributed by atoms with E-state index in [9.17, 15) is 4.79 Å². The number of rotatable bonds is 7. The largest absolute Gasteiger partial charge is 0.440 e. The lowest BCUT2D eigenvalue weighted by molar-refractivity contribution is -0.121. The zero-order valence-corrected chi connectivity index (χ0v) is 17.1. The van der Waals surface area contributed by atoms with Gasteiger partial charge in [0.2, 0.25) is 5.91 Å². The standard InChI is InChI=1S/C25H21ClN2O2/c26-21-14-8-7-13-20(21)17-27-22(29)15-16-23-28-24(18-9-3-1-4-10-18)25(30-23)19-11-5-2-6-12-19/h1-14H,15-17H2,(H,27,29). The molecule has 1 amide bonds. The highest BCUT2D eigenvalue weighted by atomic mass is 35.5. The van der Waals surface area contributed by atoms with Gasteiger partial charge in [-0.15, -0.1) is 0 Å². The average molecular weight is 417 g/mol. The Bertz CT molecular complexity index is 1070. The predicted octanol–water partition coefficient (Wildman–Crippen LogP) is 5.91. The van der Waals surface area contributed by atoms with E-state index in [2.05, 4.69) is 5.32 Å². The number of nitrogens with zero attached hydrogens (tertiary/aromatic N) is 1. The van der Waals surface area contributed by atoms with E-state index in [1.807, 2.05) is 84.9 Å². The Balaban J connectivity index is 1.47. The van der Waals surface area contributed by atoms with Crippen molar-refractivity contribution in [2.24, 2.45) is 0 Å². The first-order chi connectivity index (χ1) is 14.7. The molecule has 4 aromatic rings. The van der Waals surface area contributed by atoms with Gasteiger partial charge in [-0.25, -0.2) is 4.98 Å². The molecule has 3 aromatic carbocycles. The van der Waals surface area contributed by atoms with Gasteiger partial charge in [0.05, 0.1) is 0 Å². The SMILES string of the molecule is O=C(CCc1nc(-c2ccccc2)c(-c2ccccc2)o1)NCc1ccccc1Cl. The molecule has 0 aliphatic rings. The molecule has 0 radical (unpaired) electrons. The third-order valence-electron chi connectivity index (χ3n) is 4.75. The van der Waals surface area contributed by atoms with Gasteiger partial charge in [0.25, 0.3) is 0 Å². The van der Waals surface area contributed by atoms with Crippen LogP contribution in [0, 0.1) is 0 Å². The number of aromatic nitrogens is 1. The van der Waals surface area contributed by atoms with Crippen molar-refractivity contribution < 1.29 is 9.21 Å². The van der Waals surface area contributed by atoms with E-state index in [4.69, 9.17) is 21.0 Å². The van der Waals surface area contributed by atoms with Crippen molar-refractivity contribution in [1.82, 2.24) is 10.3 Å². The van der Waals surface area contributed by atoms with Gasteiger partial charge in [0.1, 0.15) is 5.69 Å². The lowest BCUT2D eigenvalue weighted by Crippen LogP contribution is -2.23. The fourth-order valence-corrected chi connectivity index (χ4v) is 3.40. The number of hydrogen-bond acceptors (Lipinski definition) is 3. The Hall–Kier alpha value is -3.37. The Morgan fingerprint density at radius 3 is 2.20 bits per heavy atom. The van der Waals surface area contributed by atoms with Gasteiger partial charge in [0.15, 0.2) is 11.7 Å². The third-order valence-corrected chi connectivity index (χ3v) is 5.12. The van der Waals surface area contributed by atoms with Crippen molar-refractivity contribution in [3.8, 4) is 22.6 Å². The number of oxazole rings is 1. The highest BCUT2D eigenvalue weighted by Crippen LogP contribution is 2.32. The molecule has 0 fully saturated rings. The van der Waals surface area contributed by atoms with E-state index in [0.29, 0.717) is 29.6 Å². The topological polar surface area (TPSA) is 55.1 Å². The van der Waals surface area contributed by atoms with Crippen molar-refractivity contribution in [3.63, 3.8) is 0 Å². The lowest BCUT2D eigenvalue weighted by Gasteiger charge is -2.06. The highest BCUT2D eigenvalue weighted by molar-refractivity contribution is 6.31. The Morgan fingerprint density at radius 1 is 0.867 bits per heavy atom. The summed E-state index contributed by atoms with van der Waals surface area (Å²) in [5.41, 5.74) is 3.61. The van der Waals surface area contributed by atoms with Crippen LogP contribution in [-0.4, -0.2) is 10.9 Å². The van der Waals surface area contributed by atoms with E-state index in [1.165, 1.54) is 0 Å². The number of carbonyl (C=O) groups is 1. The Morgan fingerprint density at radius 2 is 1.50 bits per heavy atom. The number of hydrogen-bond donors (Lipinski definition) is 1. The molecule has 0 bridgehead atoms. The number of nitrogens with one attached hydrogen (secondary N) is 1. The van der Waals surface area contributed by atoms with Crippen molar-refractivity contribution in [2.45, 2.75) is 19.4 Å². The molecule has 0 saturated heterocycles. The summed E-state index contributed by atoms with van der Waals surface area (Å²) in [6, 6.07) is 27.3. The first-order valence-electron chi connectivity index (χ1n) is 9.81. The fourth-order valence-electron chi connectivity index (χ4n) is 3.19. The molecule has 1 N–H and O–H groups in total. The lowest BCUT2D eigenvalue weighted by atomic mass is 10.1. The van der Waals surface area contributed by atoms with Gasteiger partial charge in [-0.05, 0) is 11.6 Å². The van der Waals surface area contributed by atoms with E-state index >= 15 is 0 Å². The molecule has 0 aliphatic carbocycles. The van der Waals surface area contributed by atoms with Gasteiger partial charge < -0.3 is 9.73 Å². The molecule has 0 atom stereocenters. The second kappa shape index (κ2) is 9.42. The van der Waals surface area contributed by atoms with Crippen LogP contribution < -0.4 is 5.32 Å². The van der Waals surface area contributed by atoms with Gasteiger partial charge in [0, 0.05) is 35.5 Å². The molecule has 0 aliphatic heterocycles. The summed E-state index contributed by atoms with van der Waals surface area (Å²) in [5, 5.41) is 3.55. The van der Waals surface area contributed by atoms with Gasteiger partial charge in [-0.3, -0.25) is 4.79 Å². The van der Waals surface area contributed by atoms with Crippen LogP contribution in [0.25, 0.3) is 22.6 Å². The number of carbonyl (C=O) groups excluding carboxylic acids is 1. The summed E-state index contributed by atoms with van der Waals surface area (Å²) < 4.78 is 6.08. The minimum absolute atomic E-state index is 0.0735. The van der Waals surface area contributed by atoms with Crippen LogP contribution in [0.4, 0.5) is 0 Å².